The highest BCUT2D eigenvalue weighted by atomic mass is 16.5. The van der Waals surface area contributed by atoms with Crippen LogP contribution in [0.1, 0.15) is 5.56 Å². The summed E-state index contributed by atoms with van der Waals surface area (Å²) in [6.45, 7) is 7.18. The molecule has 0 unspecified atom stereocenters. The standard InChI is InChI=1S/C20H19NO3/c1-3-19(21)24-18-11-9-17(10-12-18)16-7-5-15(6-8-16)13-14-23-20(22)4-2/h3-12,21H,1-2,13-14H2. The fourth-order valence-electron chi connectivity index (χ4n) is 2.08. The van der Waals surface area contributed by atoms with Crippen LogP contribution in [-0.2, 0) is 16.0 Å². The number of benzene rings is 2. The summed E-state index contributed by atoms with van der Waals surface area (Å²) in [5.74, 6) is 0.215. The number of ether oxygens (including phenoxy) is 2. The molecule has 4 heteroatoms. The van der Waals surface area contributed by atoms with Crippen LogP contribution in [0.25, 0.3) is 11.1 Å². The number of esters is 1. The van der Waals surface area contributed by atoms with Gasteiger partial charge >= 0.3 is 5.97 Å². The van der Waals surface area contributed by atoms with Crippen LogP contribution in [0.2, 0.25) is 0 Å². The molecule has 0 aromatic heterocycles. The van der Waals surface area contributed by atoms with Gasteiger partial charge in [-0.2, -0.15) is 0 Å². The van der Waals surface area contributed by atoms with Crippen molar-refractivity contribution in [3.05, 3.63) is 79.4 Å². The number of hydrogen-bond donors (Lipinski definition) is 1. The van der Waals surface area contributed by atoms with Crippen molar-refractivity contribution in [2.75, 3.05) is 6.61 Å². The zero-order valence-electron chi connectivity index (χ0n) is 13.3. The van der Waals surface area contributed by atoms with Crippen molar-refractivity contribution >= 4 is 11.9 Å². The monoisotopic (exact) mass is 321 g/mol. The van der Waals surface area contributed by atoms with Crippen LogP contribution in [0, 0.1) is 5.41 Å². The number of hydrogen-bond acceptors (Lipinski definition) is 4. The fourth-order valence-corrected chi connectivity index (χ4v) is 2.08. The molecule has 0 saturated heterocycles. The van der Waals surface area contributed by atoms with Gasteiger partial charge < -0.3 is 9.47 Å². The highest BCUT2D eigenvalue weighted by molar-refractivity contribution is 5.86. The van der Waals surface area contributed by atoms with Crippen molar-refractivity contribution < 1.29 is 14.3 Å². The van der Waals surface area contributed by atoms with Crippen molar-refractivity contribution in [3.8, 4) is 16.9 Å². The van der Waals surface area contributed by atoms with Crippen LogP contribution in [-0.4, -0.2) is 18.5 Å². The lowest BCUT2D eigenvalue weighted by molar-refractivity contribution is -0.137. The summed E-state index contributed by atoms with van der Waals surface area (Å²) in [4.78, 5) is 11.0. The molecular weight excluding hydrogens is 302 g/mol. The lowest BCUT2D eigenvalue weighted by Crippen LogP contribution is -2.04. The summed E-state index contributed by atoms with van der Waals surface area (Å²) in [5.41, 5.74) is 3.22. The molecule has 0 atom stereocenters. The Morgan fingerprint density at radius 2 is 1.54 bits per heavy atom. The van der Waals surface area contributed by atoms with E-state index in [1.54, 1.807) is 0 Å². The molecule has 24 heavy (non-hydrogen) atoms. The number of nitrogens with one attached hydrogen (secondary N) is 1. The van der Waals surface area contributed by atoms with Crippen molar-refractivity contribution in [2.45, 2.75) is 6.42 Å². The van der Waals surface area contributed by atoms with Gasteiger partial charge in [0.1, 0.15) is 5.75 Å². The number of carbonyl (C=O) groups excluding carboxylic acids is 1. The maximum atomic E-state index is 11.0. The average Bonchev–Trinajstić information content (AvgIpc) is 2.62. The first-order chi connectivity index (χ1) is 11.6. The Balaban J connectivity index is 1.97. The molecule has 0 saturated carbocycles. The Morgan fingerprint density at radius 1 is 0.958 bits per heavy atom. The van der Waals surface area contributed by atoms with Crippen LogP contribution < -0.4 is 4.74 Å². The van der Waals surface area contributed by atoms with E-state index in [1.807, 2.05) is 48.5 Å². The minimum atomic E-state index is -0.404. The highest BCUT2D eigenvalue weighted by Crippen LogP contribution is 2.23. The number of rotatable bonds is 7. The van der Waals surface area contributed by atoms with E-state index in [0.29, 0.717) is 18.8 Å². The summed E-state index contributed by atoms with van der Waals surface area (Å²) in [7, 11) is 0. The lowest BCUT2D eigenvalue weighted by Gasteiger charge is -2.07. The van der Waals surface area contributed by atoms with Gasteiger partial charge in [-0.3, -0.25) is 5.41 Å². The third-order valence-electron chi connectivity index (χ3n) is 3.36. The maximum absolute atomic E-state index is 11.0. The molecule has 2 aromatic rings. The van der Waals surface area contributed by atoms with E-state index >= 15 is 0 Å². The Kier molecular flexibility index (Phi) is 6.08. The number of carbonyl (C=O) groups is 1. The molecule has 4 nitrogen and oxygen atoms in total. The molecule has 0 spiro atoms. The molecule has 0 bridgehead atoms. The van der Waals surface area contributed by atoms with Crippen LogP contribution in [0.15, 0.2) is 73.8 Å². The van der Waals surface area contributed by atoms with Gasteiger partial charge in [0.25, 0.3) is 0 Å². The third-order valence-corrected chi connectivity index (χ3v) is 3.36. The van der Waals surface area contributed by atoms with E-state index < -0.39 is 5.97 Å². The van der Waals surface area contributed by atoms with E-state index in [4.69, 9.17) is 14.9 Å². The maximum Gasteiger partial charge on any atom is 0.330 e. The molecule has 0 amide bonds. The zero-order chi connectivity index (χ0) is 17.4. The molecule has 122 valence electrons. The molecular formula is C20H19NO3. The van der Waals surface area contributed by atoms with Crippen LogP contribution >= 0.6 is 0 Å². The summed E-state index contributed by atoms with van der Waals surface area (Å²) in [6.07, 6.45) is 3.17. The molecule has 1 N–H and O–H groups in total. The molecule has 2 rings (SSSR count). The normalized spacial score (nSPS) is 9.83. The van der Waals surface area contributed by atoms with E-state index in [1.165, 1.54) is 6.08 Å². The molecule has 0 aliphatic carbocycles. The molecule has 0 radical (unpaired) electrons. The van der Waals surface area contributed by atoms with E-state index in [0.717, 1.165) is 22.8 Å². The SMILES string of the molecule is C=CC(=N)Oc1ccc(-c2ccc(CCOC(=O)C=C)cc2)cc1. The zero-order valence-corrected chi connectivity index (χ0v) is 13.3. The Labute approximate surface area is 141 Å². The Morgan fingerprint density at radius 3 is 2.08 bits per heavy atom. The van der Waals surface area contributed by atoms with E-state index in [-0.39, 0.29) is 5.90 Å². The Hall–Kier alpha value is -3.14. The molecule has 0 aliphatic rings. The third kappa shape index (κ3) is 4.95. The predicted molar refractivity (Wildman–Crippen MR) is 95.3 cm³/mol. The summed E-state index contributed by atoms with van der Waals surface area (Å²) in [5, 5.41) is 7.43. The summed E-state index contributed by atoms with van der Waals surface area (Å²) >= 11 is 0. The van der Waals surface area contributed by atoms with Gasteiger partial charge in [0, 0.05) is 12.5 Å². The molecule has 0 heterocycles. The second kappa shape index (κ2) is 8.48. The molecule has 0 aliphatic heterocycles. The minimum Gasteiger partial charge on any atom is -0.462 e. The van der Waals surface area contributed by atoms with Crippen molar-refractivity contribution in [3.63, 3.8) is 0 Å². The minimum absolute atomic E-state index is 0.0178. The second-order valence-electron chi connectivity index (χ2n) is 5.01. The van der Waals surface area contributed by atoms with Crippen LogP contribution in [0.4, 0.5) is 0 Å². The van der Waals surface area contributed by atoms with Crippen molar-refractivity contribution in [1.29, 1.82) is 5.41 Å². The van der Waals surface area contributed by atoms with Gasteiger partial charge in [0.05, 0.1) is 6.61 Å². The molecule has 0 fully saturated rings. The van der Waals surface area contributed by atoms with E-state index in [2.05, 4.69) is 13.2 Å². The van der Waals surface area contributed by atoms with Gasteiger partial charge in [-0.1, -0.05) is 49.6 Å². The summed E-state index contributed by atoms with van der Waals surface area (Å²) < 4.78 is 10.2. The highest BCUT2D eigenvalue weighted by Gasteiger charge is 2.02. The van der Waals surface area contributed by atoms with Crippen LogP contribution in [0.5, 0.6) is 5.75 Å². The largest absolute Gasteiger partial charge is 0.462 e. The van der Waals surface area contributed by atoms with Gasteiger partial charge in [-0.25, -0.2) is 4.79 Å². The van der Waals surface area contributed by atoms with Gasteiger partial charge in [0.15, 0.2) is 0 Å². The molecule has 2 aromatic carbocycles. The second-order valence-corrected chi connectivity index (χ2v) is 5.01. The fraction of sp³-hybridized carbons (Fsp3) is 0.100. The average molecular weight is 321 g/mol. The topological polar surface area (TPSA) is 59.4 Å². The van der Waals surface area contributed by atoms with Crippen molar-refractivity contribution in [2.24, 2.45) is 0 Å². The quantitative estimate of drug-likeness (QED) is 0.360. The van der Waals surface area contributed by atoms with E-state index in [9.17, 15) is 4.79 Å². The Bertz CT molecular complexity index is 730. The predicted octanol–water partition coefficient (Wildman–Crippen LogP) is 4.17. The van der Waals surface area contributed by atoms with Crippen LogP contribution in [0.3, 0.4) is 0 Å². The first-order valence-electron chi connectivity index (χ1n) is 7.50. The van der Waals surface area contributed by atoms with Crippen molar-refractivity contribution in [1.82, 2.24) is 0 Å². The first kappa shape index (κ1) is 17.2. The van der Waals surface area contributed by atoms with Gasteiger partial charge in [-0.05, 0) is 34.9 Å². The lowest BCUT2D eigenvalue weighted by atomic mass is 10.0. The van der Waals surface area contributed by atoms with Gasteiger partial charge in [-0.15, -0.1) is 0 Å². The summed E-state index contributed by atoms with van der Waals surface area (Å²) in [6, 6.07) is 15.6. The smallest absolute Gasteiger partial charge is 0.330 e. The van der Waals surface area contributed by atoms with Gasteiger partial charge in [0.2, 0.25) is 5.90 Å². The first-order valence-corrected chi connectivity index (χ1v) is 7.50.